The van der Waals surface area contributed by atoms with Crippen molar-refractivity contribution in [3.05, 3.63) is 60.4 Å². The highest BCUT2D eigenvalue weighted by molar-refractivity contribution is 7.20. The lowest BCUT2D eigenvalue weighted by Crippen LogP contribution is -2.54. The Hall–Kier alpha value is -5.84. The molecule has 4 aromatic heterocycles. The molecule has 8 heterocycles. The van der Waals surface area contributed by atoms with Gasteiger partial charge in [0.2, 0.25) is 20.2 Å². The van der Waals surface area contributed by atoms with E-state index in [1.165, 1.54) is 59.1 Å². The molecule has 6 aromatic rings. The summed E-state index contributed by atoms with van der Waals surface area (Å²) in [5, 5.41) is 15.6. The number of benzene rings is 2. The number of aromatic nitrogens is 6. The molecule has 67 heavy (non-hydrogen) atoms. The van der Waals surface area contributed by atoms with E-state index in [0.717, 1.165) is 0 Å². The normalized spacial score (nSPS) is 23.1. The van der Waals surface area contributed by atoms with Gasteiger partial charge in [-0.3, -0.25) is 0 Å². The van der Waals surface area contributed by atoms with Crippen LogP contribution in [0.1, 0.15) is 54.4 Å². The summed E-state index contributed by atoms with van der Waals surface area (Å²) in [7, 11) is 1.49. The van der Waals surface area contributed by atoms with Crippen LogP contribution in [0.4, 0.5) is 28.6 Å². The number of methoxy groups -OCH3 is 1. The van der Waals surface area contributed by atoms with E-state index in [-0.39, 0.29) is 35.8 Å². The monoisotopic (exact) mass is 962 g/mol. The number of carbonyl (C=O) groups excluding carboxylic acids is 2. The Morgan fingerprint density at radius 2 is 1.28 bits per heavy atom. The predicted octanol–water partition coefficient (Wildman–Crippen LogP) is 7.46. The molecule has 0 unspecified atom stereocenters. The maximum atomic E-state index is 15.4. The van der Waals surface area contributed by atoms with Gasteiger partial charge in [-0.25, -0.2) is 37.4 Å². The first-order chi connectivity index (χ1) is 32.0. The Bertz CT molecular complexity index is 2820. The summed E-state index contributed by atoms with van der Waals surface area (Å²) in [6.07, 6.45) is 2.80. The fourth-order valence-corrected chi connectivity index (χ4v) is 11.2. The first-order valence-electron chi connectivity index (χ1n) is 22.2. The number of hydrogen-bond acceptors (Lipinski definition) is 16. The Balaban J connectivity index is 0.913. The molecule has 0 radical (unpaired) electrons. The molecule has 0 aliphatic carbocycles. The molecule has 10 rings (SSSR count). The quantitative estimate of drug-likeness (QED) is 0.142. The smallest absolute Gasteiger partial charge is 0.444 e. The van der Waals surface area contributed by atoms with Gasteiger partial charge in [-0.15, -0.1) is 15.3 Å². The minimum Gasteiger partial charge on any atom is -0.496 e. The number of carbonyl (C=O) groups is 2. The molecule has 2 amide bonds. The van der Waals surface area contributed by atoms with Crippen LogP contribution in [0.3, 0.4) is 0 Å². The highest BCUT2D eigenvalue weighted by Gasteiger charge is 2.48. The Kier molecular flexibility index (Phi) is 11.6. The van der Waals surface area contributed by atoms with E-state index in [2.05, 4.69) is 25.1 Å². The molecule has 4 fully saturated rings. The number of fused-ring (bicyclic) bond motifs is 4. The highest BCUT2D eigenvalue weighted by Crippen LogP contribution is 2.41. The van der Waals surface area contributed by atoms with Crippen molar-refractivity contribution in [1.29, 1.82) is 0 Å². The van der Waals surface area contributed by atoms with Crippen LogP contribution >= 0.6 is 22.7 Å². The molecule has 18 nitrogen and oxygen atoms in total. The minimum atomic E-state index is -0.880. The zero-order chi connectivity index (χ0) is 46.9. The largest absolute Gasteiger partial charge is 0.496 e. The fourth-order valence-electron chi connectivity index (χ4n) is 9.36. The maximum absolute atomic E-state index is 15.4. The third kappa shape index (κ3) is 9.03. The number of rotatable bonds is 9. The van der Waals surface area contributed by atoms with Crippen molar-refractivity contribution in [2.45, 2.75) is 89.9 Å². The van der Waals surface area contributed by atoms with Gasteiger partial charge in [-0.2, -0.15) is 0 Å². The number of nitrogens with one attached hydrogen (secondary N) is 1. The van der Waals surface area contributed by atoms with Crippen LogP contribution in [0.15, 0.2) is 48.8 Å². The zero-order valence-corrected chi connectivity index (χ0v) is 39.7. The van der Waals surface area contributed by atoms with Crippen LogP contribution in [0, 0.1) is 23.5 Å². The van der Waals surface area contributed by atoms with Crippen LogP contribution in [0.5, 0.6) is 11.5 Å². The standard InChI is InChI=1S/C45H52F2N10O8S2/c1-44(2,3)63-42(58)50-30-12-14-61-36-22-53(20-28(30)36)40-51-56-33(19-49-39(56)66-40)27-11-9-25(47)17-35(27)65-57(43(59)64-45(4,5)6)31-13-15-62-37-23-54(21-29(31)37)41-52-55-32(18-48-38(55)67-41)26-10-8-24(46)16-34(26)60-7/h8-11,16-19,28-31,36-37H,12-15,20-23H2,1-7H3,(H,50,58)/t28-,29-,30-,31-,36-,37-/m0/s1. The number of hydrogen-bond donors (Lipinski definition) is 1. The summed E-state index contributed by atoms with van der Waals surface area (Å²) < 4.78 is 62.3. The van der Waals surface area contributed by atoms with Crippen LogP contribution in [-0.2, 0) is 18.9 Å². The number of nitrogens with zero attached hydrogens (tertiary/aromatic N) is 9. The van der Waals surface area contributed by atoms with Crippen LogP contribution in [-0.4, -0.2) is 128 Å². The predicted molar refractivity (Wildman–Crippen MR) is 245 cm³/mol. The van der Waals surface area contributed by atoms with Crippen molar-refractivity contribution < 1.29 is 46.9 Å². The van der Waals surface area contributed by atoms with E-state index in [1.54, 1.807) is 54.3 Å². The second kappa shape index (κ2) is 17.4. The SMILES string of the molecule is COc1cc(F)ccc1-c1cnc2sc(N3C[C@@H]4[C@H](C3)OCC[C@@H]4N(Oc3cc(F)ccc3-c3cnc4sc(N5C[C@H]6[C@@H](NC(=O)OC(C)(C)C)CCO[C@H]6C5)nn34)C(=O)OC(C)(C)C)nn12. The van der Waals surface area contributed by atoms with Crippen LogP contribution in [0.25, 0.3) is 32.4 Å². The van der Waals surface area contributed by atoms with Crippen molar-refractivity contribution in [3.8, 4) is 34.0 Å². The van der Waals surface area contributed by atoms with Crippen LogP contribution in [0.2, 0.25) is 0 Å². The Morgan fingerprint density at radius 1 is 0.746 bits per heavy atom. The minimum absolute atomic E-state index is 0.0174. The van der Waals surface area contributed by atoms with Gasteiger partial charge in [0.05, 0.1) is 49.1 Å². The molecule has 1 N–H and O–H groups in total. The first-order valence-corrected chi connectivity index (χ1v) is 23.9. The number of imidazole rings is 2. The molecule has 6 atom stereocenters. The number of halogens is 2. The highest BCUT2D eigenvalue weighted by atomic mass is 32.1. The average molecular weight is 963 g/mol. The molecule has 4 aliphatic heterocycles. The van der Waals surface area contributed by atoms with E-state index >= 15 is 4.39 Å². The summed E-state index contributed by atoms with van der Waals surface area (Å²) >= 11 is 2.80. The first kappa shape index (κ1) is 45.0. The molecule has 0 spiro atoms. The van der Waals surface area contributed by atoms with Gasteiger partial charge in [0.15, 0.2) is 5.75 Å². The summed E-state index contributed by atoms with van der Waals surface area (Å²) in [6.45, 7) is 13.8. The topological polar surface area (TPSA) is 172 Å². The molecule has 0 saturated carbocycles. The maximum Gasteiger partial charge on any atom is 0.444 e. The second-order valence-corrected chi connectivity index (χ2v) is 21.0. The molecule has 0 bridgehead atoms. The number of alkyl carbamates (subject to hydrolysis) is 1. The summed E-state index contributed by atoms with van der Waals surface area (Å²) in [4.78, 5) is 48.4. The van der Waals surface area contributed by atoms with E-state index in [0.29, 0.717) is 101 Å². The van der Waals surface area contributed by atoms with E-state index in [9.17, 15) is 14.0 Å². The van der Waals surface area contributed by atoms with Crippen molar-refractivity contribution >= 4 is 55.0 Å². The molecular formula is C45H52F2N10O8S2. The summed E-state index contributed by atoms with van der Waals surface area (Å²) in [5.74, 6) is -0.803. The fraction of sp³-hybridized carbons (Fsp3) is 0.511. The second-order valence-electron chi connectivity index (χ2n) is 19.2. The van der Waals surface area contributed by atoms with Gasteiger partial charge < -0.3 is 43.6 Å². The molecule has 356 valence electrons. The van der Waals surface area contributed by atoms with Gasteiger partial charge in [0, 0.05) is 80.5 Å². The van der Waals surface area contributed by atoms with E-state index in [4.69, 9.17) is 38.7 Å². The molecule has 4 aliphatic rings. The van der Waals surface area contributed by atoms with E-state index in [1.807, 2.05) is 20.8 Å². The third-order valence-electron chi connectivity index (χ3n) is 12.3. The van der Waals surface area contributed by atoms with Crippen molar-refractivity contribution in [2.75, 3.05) is 56.3 Å². The van der Waals surface area contributed by atoms with Gasteiger partial charge in [0.1, 0.15) is 28.6 Å². The van der Waals surface area contributed by atoms with Gasteiger partial charge >= 0.3 is 12.2 Å². The number of ether oxygens (including phenoxy) is 5. The van der Waals surface area contributed by atoms with Crippen molar-refractivity contribution in [3.63, 3.8) is 0 Å². The lowest BCUT2D eigenvalue weighted by atomic mass is 9.91. The van der Waals surface area contributed by atoms with E-state index < -0.39 is 41.1 Å². The Labute approximate surface area is 392 Å². The molecule has 22 heteroatoms. The lowest BCUT2D eigenvalue weighted by Gasteiger charge is -2.39. The zero-order valence-electron chi connectivity index (χ0n) is 38.1. The number of hydroxylamine groups is 2. The average Bonchev–Trinajstić information content (AvgIpc) is 4.11. The Morgan fingerprint density at radius 3 is 1.87 bits per heavy atom. The van der Waals surface area contributed by atoms with Crippen LogP contribution < -0.4 is 24.7 Å². The lowest BCUT2D eigenvalue weighted by molar-refractivity contribution is -0.143. The number of anilines is 2. The third-order valence-corrected chi connectivity index (χ3v) is 14.2. The van der Waals surface area contributed by atoms with Gasteiger partial charge in [-0.1, -0.05) is 22.7 Å². The summed E-state index contributed by atoms with van der Waals surface area (Å²) in [5.41, 5.74) is 0.769. The van der Waals surface area contributed by atoms with Gasteiger partial charge in [0.25, 0.3) is 0 Å². The van der Waals surface area contributed by atoms with Crippen molar-refractivity contribution in [2.24, 2.45) is 11.8 Å². The molecular weight excluding hydrogens is 911 g/mol. The summed E-state index contributed by atoms with van der Waals surface area (Å²) in [6, 6.07) is 7.81. The molecule has 4 saturated heterocycles. The number of amides is 2. The van der Waals surface area contributed by atoms with Crippen molar-refractivity contribution in [1.82, 2.24) is 39.6 Å². The van der Waals surface area contributed by atoms with Gasteiger partial charge in [-0.05, 0) is 78.6 Å². The molecule has 2 aromatic carbocycles.